The second-order valence-electron chi connectivity index (χ2n) is 7.96. The Labute approximate surface area is 213 Å². The van der Waals surface area contributed by atoms with Crippen molar-refractivity contribution in [1.29, 1.82) is 0 Å². The van der Waals surface area contributed by atoms with Gasteiger partial charge in [-0.05, 0) is 42.8 Å². The normalized spacial score (nSPS) is 15.0. The first-order valence-corrected chi connectivity index (χ1v) is 14.2. The van der Waals surface area contributed by atoms with Crippen molar-refractivity contribution in [3.63, 3.8) is 0 Å². The molecule has 1 fully saturated rings. The first kappa shape index (κ1) is 25.3. The molecule has 182 valence electrons. The smallest absolute Gasteiger partial charge is 0.229 e. The predicted octanol–water partition coefficient (Wildman–Crippen LogP) is 4.52. The molecule has 11 heteroatoms. The van der Waals surface area contributed by atoms with Crippen LogP contribution in [0.25, 0.3) is 10.2 Å². The molecule has 0 atom stereocenters. The lowest BCUT2D eigenvalue weighted by atomic mass is 10.3. The lowest BCUT2D eigenvalue weighted by molar-refractivity contribution is -0.118. The number of nitrogens with zero attached hydrogens (tertiary/aromatic N) is 3. The first-order valence-electron chi connectivity index (χ1n) is 11.0. The third kappa shape index (κ3) is 6.27. The summed E-state index contributed by atoms with van der Waals surface area (Å²) in [6.45, 7) is 4.41. The number of para-hydroxylation sites is 1. The molecular weight excluding hydrogens is 517 g/mol. The number of amides is 1. The lowest BCUT2D eigenvalue weighted by Gasteiger charge is -2.27. The maximum Gasteiger partial charge on any atom is 0.229 e. The number of rotatable bonds is 9. The topological polar surface area (TPSA) is 79.8 Å². The van der Waals surface area contributed by atoms with E-state index in [1.807, 2.05) is 12.1 Å². The molecule has 1 aromatic heterocycles. The average Bonchev–Trinajstić information content (AvgIpc) is 3.27. The molecule has 0 unspecified atom stereocenters. The molecule has 2 aromatic carbocycles. The predicted molar refractivity (Wildman–Crippen MR) is 137 cm³/mol. The third-order valence-corrected chi connectivity index (χ3v) is 8.94. The summed E-state index contributed by atoms with van der Waals surface area (Å²) < 4.78 is 31.8. The summed E-state index contributed by atoms with van der Waals surface area (Å²) in [4.78, 5) is 21.9. The summed E-state index contributed by atoms with van der Waals surface area (Å²) in [5.74, 6) is -0.575. The highest BCUT2D eigenvalue weighted by atomic mass is 35.5. The van der Waals surface area contributed by atoms with E-state index >= 15 is 0 Å². The van der Waals surface area contributed by atoms with Crippen molar-refractivity contribution >= 4 is 65.6 Å². The zero-order chi connectivity index (χ0) is 24.1. The standard InChI is InChI=1S/C23H25Cl2N3O4S2/c24-17-5-7-18(8-6-17)34(30,31)16-9-21(29)28(11-2-10-27-12-14-32-15-13-27)23-26-22-19(25)3-1-4-20(22)33-23/h1,3-8H,2,9-16H2. The summed E-state index contributed by atoms with van der Waals surface area (Å²) in [5.41, 5.74) is 0.643. The van der Waals surface area contributed by atoms with Crippen LogP contribution in [0.4, 0.5) is 5.13 Å². The molecule has 1 saturated heterocycles. The fraction of sp³-hybridized carbons (Fsp3) is 0.391. The third-order valence-electron chi connectivity index (χ3n) is 5.61. The van der Waals surface area contributed by atoms with Gasteiger partial charge in [-0.25, -0.2) is 13.4 Å². The number of sulfone groups is 1. The molecule has 3 aromatic rings. The highest BCUT2D eigenvalue weighted by molar-refractivity contribution is 7.91. The van der Waals surface area contributed by atoms with Crippen molar-refractivity contribution in [3.8, 4) is 0 Å². The summed E-state index contributed by atoms with van der Waals surface area (Å²) in [7, 11) is -3.62. The number of halogens is 2. The number of anilines is 1. The summed E-state index contributed by atoms with van der Waals surface area (Å²) >= 11 is 13.5. The van der Waals surface area contributed by atoms with Gasteiger partial charge >= 0.3 is 0 Å². The van der Waals surface area contributed by atoms with Gasteiger partial charge in [-0.3, -0.25) is 14.6 Å². The number of hydrogen-bond acceptors (Lipinski definition) is 7. The van der Waals surface area contributed by atoms with Gasteiger partial charge in [0.2, 0.25) is 5.91 Å². The number of morpholine rings is 1. The summed E-state index contributed by atoms with van der Waals surface area (Å²) in [6, 6.07) is 11.5. The fourth-order valence-electron chi connectivity index (χ4n) is 3.74. The van der Waals surface area contributed by atoms with E-state index in [4.69, 9.17) is 27.9 Å². The van der Waals surface area contributed by atoms with Gasteiger partial charge in [-0.15, -0.1) is 0 Å². The number of aromatic nitrogens is 1. The van der Waals surface area contributed by atoms with E-state index in [2.05, 4.69) is 9.88 Å². The Bertz CT molecular complexity index is 1240. The Kier molecular flexibility index (Phi) is 8.44. The van der Waals surface area contributed by atoms with E-state index in [0.29, 0.717) is 40.5 Å². The van der Waals surface area contributed by atoms with Crippen LogP contribution < -0.4 is 4.90 Å². The largest absolute Gasteiger partial charge is 0.379 e. The Hall–Kier alpha value is -1.75. The molecule has 0 radical (unpaired) electrons. The molecule has 7 nitrogen and oxygen atoms in total. The van der Waals surface area contributed by atoms with Crippen LogP contribution in [0.3, 0.4) is 0 Å². The molecule has 1 amide bonds. The van der Waals surface area contributed by atoms with E-state index in [1.165, 1.54) is 35.6 Å². The number of thiazole rings is 1. The highest BCUT2D eigenvalue weighted by Gasteiger charge is 2.24. The van der Waals surface area contributed by atoms with Crippen LogP contribution in [0, 0.1) is 0 Å². The second-order valence-corrected chi connectivity index (χ2v) is 11.9. The van der Waals surface area contributed by atoms with Crippen LogP contribution in [0.5, 0.6) is 0 Å². The molecule has 34 heavy (non-hydrogen) atoms. The van der Waals surface area contributed by atoms with E-state index in [0.717, 1.165) is 30.8 Å². The van der Waals surface area contributed by atoms with E-state index in [-0.39, 0.29) is 23.0 Å². The van der Waals surface area contributed by atoms with Crippen molar-refractivity contribution in [1.82, 2.24) is 9.88 Å². The quantitative estimate of drug-likeness (QED) is 0.396. The SMILES string of the molecule is O=C(CCS(=O)(=O)c1ccc(Cl)cc1)N(CCCN1CCOCC1)c1nc2c(Cl)cccc2s1. The van der Waals surface area contributed by atoms with Crippen LogP contribution in [0.2, 0.25) is 10.0 Å². The van der Waals surface area contributed by atoms with Gasteiger partial charge in [0.1, 0.15) is 5.52 Å². The Balaban J connectivity index is 1.49. The van der Waals surface area contributed by atoms with Crippen LogP contribution in [-0.4, -0.2) is 69.4 Å². The van der Waals surface area contributed by atoms with Crippen LogP contribution in [0.1, 0.15) is 12.8 Å². The molecule has 0 bridgehead atoms. The maximum absolute atomic E-state index is 13.3. The van der Waals surface area contributed by atoms with E-state index in [1.54, 1.807) is 11.0 Å². The van der Waals surface area contributed by atoms with Gasteiger partial charge in [0, 0.05) is 37.6 Å². The van der Waals surface area contributed by atoms with Gasteiger partial charge < -0.3 is 4.74 Å². The lowest BCUT2D eigenvalue weighted by Crippen LogP contribution is -2.39. The summed E-state index contributed by atoms with van der Waals surface area (Å²) in [6.07, 6.45) is 0.589. The van der Waals surface area contributed by atoms with Crippen molar-refractivity contribution in [2.45, 2.75) is 17.7 Å². The number of fused-ring (bicyclic) bond motifs is 1. The molecule has 0 aliphatic carbocycles. The Morgan fingerprint density at radius 1 is 1.12 bits per heavy atom. The molecular formula is C23H25Cl2N3O4S2. The zero-order valence-corrected chi connectivity index (χ0v) is 21.6. The monoisotopic (exact) mass is 541 g/mol. The number of benzene rings is 2. The van der Waals surface area contributed by atoms with Crippen molar-refractivity contribution in [2.75, 3.05) is 50.0 Å². The Morgan fingerprint density at radius 2 is 1.85 bits per heavy atom. The molecule has 4 rings (SSSR count). The van der Waals surface area contributed by atoms with E-state index < -0.39 is 9.84 Å². The number of ether oxygens (including phenoxy) is 1. The number of hydrogen-bond donors (Lipinski definition) is 0. The van der Waals surface area contributed by atoms with Crippen LogP contribution >= 0.6 is 34.5 Å². The highest BCUT2D eigenvalue weighted by Crippen LogP contribution is 2.33. The number of carbonyl (C=O) groups is 1. The molecule has 1 aliphatic heterocycles. The summed E-state index contributed by atoms with van der Waals surface area (Å²) in [5, 5.41) is 1.50. The minimum atomic E-state index is -3.62. The molecule has 0 N–H and O–H groups in total. The zero-order valence-electron chi connectivity index (χ0n) is 18.5. The van der Waals surface area contributed by atoms with Crippen molar-refractivity contribution in [3.05, 3.63) is 52.5 Å². The van der Waals surface area contributed by atoms with E-state index in [9.17, 15) is 13.2 Å². The molecule has 0 spiro atoms. The molecule has 0 saturated carbocycles. The number of carbonyl (C=O) groups excluding carboxylic acids is 1. The fourth-order valence-corrected chi connectivity index (χ4v) is 6.40. The van der Waals surface area contributed by atoms with Gasteiger partial charge in [0.15, 0.2) is 15.0 Å². The molecule has 1 aliphatic rings. The minimum Gasteiger partial charge on any atom is -0.379 e. The first-order chi connectivity index (χ1) is 16.3. The molecule has 2 heterocycles. The van der Waals surface area contributed by atoms with Gasteiger partial charge in [0.25, 0.3) is 0 Å². The van der Waals surface area contributed by atoms with Crippen LogP contribution in [-0.2, 0) is 19.4 Å². The van der Waals surface area contributed by atoms with Crippen LogP contribution in [0.15, 0.2) is 47.4 Å². The Morgan fingerprint density at radius 3 is 2.56 bits per heavy atom. The van der Waals surface area contributed by atoms with Gasteiger partial charge in [-0.1, -0.05) is 40.6 Å². The maximum atomic E-state index is 13.3. The van der Waals surface area contributed by atoms with Gasteiger partial charge in [0.05, 0.1) is 33.6 Å². The minimum absolute atomic E-state index is 0.147. The van der Waals surface area contributed by atoms with Gasteiger partial charge in [-0.2, -0.15) is 0 Å². The second kappa shape index (κ2) is 11.3. The van der Waals surface area contributed by atoms with Crippen molar-refractivity contribution < 1.29 is 17.9 Å². The average molecular weight is 543 g/mol. The van der Waals surface area contributed by atoms with Crippen molar-refractivity contribution in [2.24, 2.45) is 0 Å².